The molecule has 0 aliphatic heterocycles. The van der Waals surface area contributed by atoms with Crippen molar-refractivity contribution >= 4 is 10.0 Å². The fraction of sp³-hybridized carbons (Fsp3) is 1.00. The van der Waals surface area contributed by atoms with Gasteiger partial charge < -0.3 is 0 Å². The Morgan fingerprint density at radius 1 is 0.933 bits per heavy atom. The van der Waals surface area contributed by atoms with Crippen LogP contribution >= 0.6 is 0 Å². The lowest BCUT2D eigenvalue weighted by Gasteiger charge is -2.19. The molecule has 0 N–H and O–H groups in total. The minimum Gasteiger partial charge on any atom is -0.212 e. The van der Waals surface area contributed by atoms with Gasteiger partial charge in [-0.1, -0.05) is 40.0 Å². The highest BCUT2D eigenvalue weighted by atomic mass is 32.2. The van der Waals surface area contributed by atoms with Crippen molar-refractivity contribution in [3.8, 4) is 0 Å². The molecule has 92 valence electrons. The molecule has 0 fully saturated rings. The molecular formula is C11H25NO2S. The molecule has 0 radical (unpaired) electrons. The fourth-order valence-corrected chi connectivity index (χ4v) is 3.12. The summed E-state index contributed by atoms with van der Waals surface area (Å²) >= 11 is 0. The second kappa shape index (κ2) is 8.11. The largest absolute Gasteiger partial charge is 0.214 e. The van der Waals surface area contributed by atoms with Crippen molar-refractivity contribution in [1.82, 2.24) is 4.31 Å². The topological polar surface area (TPSA) is 37.4 Å². The van der Waals surface area contributed by atoms with E-state index in [-0.39, 0.29) is 0 Å². The van der Waals surface area contributed by atoms with Gasteiger partial charge in [-0.05, 0) is 12.8 Å². The summed E-state index contributed by atoms with van der Waals surface area (Å²) in [5.41, 5.74) is 0. The van der Waals surface area contributed by atoms with Crippen molar-refractivity contribution < 1.29 is 8.42 Å². The van der Waals surface area contributed by atoms with Crippen LogP contribution in [0.2, 0.25) is 0 Å². The van der Waals surface area contributed by atoms with Gasteiger partial charge in [-0.2, -0.15) is 0 Å². The maximum atomic E-state index is 11.9. The summed E-state index contributed by atoms with van der Waals surface area (Å²) in [5, 5.41) is 0. The minimum absolute atomic E-state index is 0.318. The Labute approximate surface area is 94.9 Å². The summed E-state index contributed by atoms with van der Waals surface area (Å²) in [5.74, 6) is 0.318. The summed E-state index contributed by atoms with van der Waals surface area (Å²) in [6, 6.07) is 0. The first kappa shape index (κ1) is 14.9. The summed E-state index contributed by atoms with van der Waals surface area (Å²) in [7, 11) is -2.98. The third kappa shape index (κ3) is 6.15. The van der Waals surface area contributed by atoms with Gasteiger partial charge in [0.25, 0.3) is 0 Å². The van der Waals surface area contributed by atoms with E-state index >= 15 is 0 Å². The van der Waals surface area contributed by atoms with E-state index in [4.69, 9.17) is 0 Å². The van der Waals surface area contributed by atoms with Crippen molar-refractivity contribution in [2.45, 2.75) is 52.9 Å². The van der Waals surface area contributed by atoms with Gasteiger partial charge in [0.1, 0.15) is 0 Å². The van der Waals surface area contributed by atoms with Gasteiger partial charge in [-0.3, -0.25) is 0 Å². The highest BCUT2D eigenvalue weighted by Crippen LogP contribution is 2.07. The van der Waals surface area contributed by atoms with Gasteiger partial charge in [-0.25, -0.2) is 12.7 Å². The van der Waals surface area contributed by atoms with E-state index in [1.165, 1.54) is 0 Å². The van der Waals surface area contributed by atoms with Gasteiger partial charge in [-0.15, -0.1) is 0 Å². The standard InChI is InChI=1S/C11H25NO2S/c1-4-7-9-11-15(13,14)12(6-3)10-8-5-2/h4-11H2,1-3H3. The van der Waals surface area contributed by atoms with E-state index in [1.807, 2.05) is 6.92 Å². The van der Waals surface area contributed by atoms with Crippen LogP contribution in [0, 0.1) is 0 Å². The Morgan fingerprint density at radius 3 is 2.00 bits per heavy atom. The maximum Gasteiger partial charge on any atom is 0.214 e. The minimum atomic E-state index is -2.98. The Balaban J connectivity index is 4.13. The average Bonchev–Trinajstić information content (AvgIpc) is 2.19. The number of hydrogen-bond acceptors (Lipinski definition) is 2. The van der Waals surface area contributed by atoms with Crippen LogP contribution < -0.4 is 0 Å². The van der Waals surface area contributed by atoms with Gasteiger partial charge in [0.15, 0.2) is 0 Å². The number of hydrogen-bond donors (Lipinski definition) is 0. The molecule has 3 nitrogen and oxygen atoms in total. The first-order valence-electron chi connectivity index (χ1n) is 6.06. The van der Waals surface area contributed by atoms with Crippen molar-refractivity contribution in [2.75, 3.05) is 18.8 Å². The SMILES string of the molecule is CCCCCS(=O)(=O)N(CC)CCCC. The van der Waals surface area contributed by atoms with Crippen molar-refractivity contribution in [3.63, 3.8) is 0 Å². The predicted octanol–water partition coefficient (Wildman–Crippen LogP) is 2.63. The summed E-state index contributed by atoms with van der Waals surface area (Å²) in [4.78, 5) is 0. The molecule has 0 saturated carbocycles. The van der Waals surface area contributed by atoms with Gasteiger partial charge in [0.05, 0.1) is 5.75 Å². The lowest BCUT2D eigenvalue weighted by atomic mass is 10.3. The Morgan fingerprint density at radius 2 is 1.53 bits per heavy atom. The zero-order valence-corrected chi connectivity index (χ0v) is 11.1. The highest BCUT2D eigenvalue weighted by Gasteiger charge is 2.18. The quantitative estimate of drug-likeness (QED) is 0.576. The van der Waals surface area contributed by atoms with Gasteiger partial charge in [0.2, 0.25) is 10.0 Å². The van der Waals surface area contributed by atoms with Gasteiger partial charge in [0, 0.05) is 13.1 Å². The molecule has 0 aromatic rings. The lowest BCUT2D eigenvalue weighted by Crippen LogP contribution is -2.33. The normalized spacial score (nSPS) is 12.3. The molecule has 0 rings (SSSR count). The molecule has 15 heavy (non-hydrogen) atoms. The molecule has 0 aromatic carbocycles. The van der Waals surface area contributed by atoms with Crippen LogP contribution in [0.1, 0.15) is 52.9 Å². The molecular weight excluding hydrogens is 210 g/mol. The summed E-state index contributed by atoms with van der Waals surface area (Å²) in [6.07, 6.45) is 4.87. The maximum absolute atomic E-state index is 11.9. The Bertz CT molecular complexity index is 237. The smallest absolute Gasteiger partial charge is 0.212 e. The summed E-state index contributed by atoms with van der Waals surface area (Å²) < 4.78 is 25.4. The molecule has 0 bridgehead atoms. The van der Waals surface area contributed by atoms with Gasteiger partial charge >= 0.3 is 0 Å². The number of rotatable bonds is 9. The fourth-order valence-electron chi connectivity index (χ4n) is 1.49. The molecule has 0 aromatic heterocycles. The van der Waals surface area contributed by atoms with Crippen molar-refractivity contribution in [1.29, 1.82) is 0 Å². The molecule has 0 atom stereocenters. The monoisotopic (exact) mass is 235 g/mol. The average molecular weight is 235 g/mol. The van der Waals surface area contributed by atoms with Crippen LogP contribution in [-0.4, -0.2) is 31.6 Å². The van der Waals surface area contributed by atoms with Crippen LogP contribution in [0.4, 0.5) is 0 Å². The molecule has 0 aliphatic rings. The van der Waals surface area contributed by atoms with Crippen LogP contribution in [0.25, 0.3) is 0 Å². The molecule has 4 heteroatoms. The van der Waals surface area contributed by atoms with Crippen molar-refractivity contribution in [2.24, 2.45) is 0 Å². The third-order valence-electron chi connectivity index (χ3n) is 2.51. The number of unbranched alkanes of at least 4 members (excludes halogenated alkanes) is 3. The van der Waals surface area contributed by atoms with E-state index in [0.29, 0.717) is 18.8 Å². The zero-order valence-electron chi connectivity index (χ0n) is 10.3. The molecule has 0 heterocycles. The van der Waals surface area contributed by atoms with Crippen LogP contribution in [0.15, 0.2) is 0 Å². The van der Waals surface area contributed by atoms with E-state index in [1.54, 1.807) is 4.31 Å². The highest BCUT2D eigenvalue weighted by molar-refractivity contribution is 7.89. The second-order valence-electron chi connectivity index (χ2n) is 3.87. The van der Waals surface area contributed by atoms with Crippen LogP contribution in [0.5, 0.6) is 0 Å². The van der Waals surface area contributed by atoms with Crippen LogP contribution in [0.3, 0.4) is 0 Å². The Hall–Kier alpha value is -0.0900. The lowest BCUT2D eigenvalue weighted by molar-refractivity contribution is 0.417. The van der Waals surface area contributed by atoms with E-state index in [2.05, 4.69) is 13.8 Å². The molecule has 0 spiro atoms. The molecule has 0 saturated heterocycles. The zero-order chi connectivity index (χ0) is 11.7. The van der Waals surface area contributed by atoms with Crippen molar-refractivity contribution in [3.05, 3.63) is 0 Å². The molecule has 0 aliphatic carbocycles. The van der Waals surface area contributed by atoms with Crippen LogP contribution in [-0.2, 0) is 10.0 Å². The number of sulfonamides is 1. The second-order valence-corrected chi connectivity index (χ2v) is 5.96. The molecule has 0 unspecified atom stereocenters. The Kier molecular flexibility index (Phi) is 8.06. The first-order valence-corrected chi connectivity index (χ1v) is 7.67. The third-order valence-corrected chi connectivity index (χ3v) is 4.55. The first-order chi connectivity index (χ1) is 7.08. The van der Waals surface area contributed by atoms with E-state index < -0.39 is 10.0 Å². The van der Waals surface area contributed by atoms with E-state index in [0.717, 1.165) is 32.1 Å². The predicted molar refractivity (Wildman–Crippen MR) is 65.5 cm³/mol. The summed E-state index contributed by atoms with van der Waals surface area (Å²) in [6.45, 7) is 7.36. The van der Waals surface area contributed by atoms with E-state index in [9.17, 15) is 8.42 Å². The molecule has 0 amide bonds. The number of nitrogens with zero attached hydrogens (tertiary/aromatic N) is 1.